The van der Waals surface area contributed by atoms with Crippen LogP contribution in [0.25, 0.3) is 42.8 Å². The zero-order chi connectivity index (χ0) is 30.2. The Morgan fingerprint density at radius 3 is 2.51 bits per heavy atom. The lowest BCUT2D eigenvalue weighted by Gasteiger charge is -2.11. The molecule has 0 aliphatic rings. The Kier molecular flexibility index (Phi) is 7.39. The number of nitrogens with one attached hydrogen (secondary N) is 1. The normalized spacial score (nSPS) is 11.1. The number of aromatic nitrogens is 5. The largest absolute Gasteiger partial charge is 0.423 e. The summed E-state index contributed by atoms with van der Waals surface area (Å²) in [6.45, 7) is 7.24. The number of rotatable bonds is 7. The second kappa shape index (κ2) is 11.3. The highest BCUT2D eigenvalue weighted by Crippen LogP contribution is 2.50. The van der Waals surface area contributed by atoms with E-state index in [9.17, 15) is 4.79 Å². The van der Waals surface area contributed by atoms with E-state index in [4.69, 9.17) is 22.1 Å². The highest BCUT2D eigenvalue weighted by atomic mass is 35.5. The smallest absolute Gasteiger partial charge is 0.322 e. The van der Waals surface area contributed by atoms with Crippen molar-refractivity contribution >= 4 is 50.4 Å². The van der Waals surface area contributed by atoms with Crippen LogP contribution in [-0.2, 0) is 11.8 Å². The SMILES string of the molecule is C=C(C)C(=O)Nc1ccc(-c2sc3c(-c4cnn(C)c4)cnc(N)c3c2-c2ccc(Oc3nccc(C)n3)c(Cl)c2)cc1. The molecule has 1 amide bonds. The van der Waals surface area contributed by atoms with Crippen LogP contribution in [0.3, 0.4) is 0 Å². The van der Waals surface area contributed by atoms with Crippen molar-refractivity contribution in [3.05, 3.63) is 96.2 Å². The van der Waals surface area contributed by atoms with E-state index < -0.39 is 0 Å². The Hall–Kier alpha value is -5.06. The molecule has 9 nitrogen and oxygen atoms in total. The number of benzene rings is 2. The summed E-state index contributed by atoms with van der Waals surface area (Å²) < 4.78 is 8.61. The molecule has 0 saturated carbocycles. The van der Waals surface area contributed by atoms with Gasteiger partial charge in [0.25, 0.3) is 5.91 Å². The van der Waals surface area contributed by atoms with Crippen molar-refractivity contribution in [2.24, 2.45) is 7.05 Å². The van der Waals surface area contributed by atoms with E-state index >= 15 is 0 Å². The minimum Gasteiger partial charge on any atom is -0.423 e. The average molecular weight is 608 g/mol. The van der Waals surface area contributed by atoms with Crippen molar-refractivity contribution in [3.63, 3.8) is 0 Å². The molecule has 0 saturated heterocycles. The molecule has 6 aromatic rings. The fourth-order valence-electron chi connectivity index (χ4n) is 4.62. The number of fused-ring (bicyclic) bond motifs is 1. The first-order valence-corrected chi connectivity index (χ1v) is 14.4. The summed E-state index contributed by atoms with van der Waals surface area (Å²) in [4.78, 5) is 26.2. The number of ether oxygens (including phenoxy) is 1. The van der Waals surface area contributed by atoms with Crippen LogP contribution < -0.4 is 15.8 Å². The lowest BCUT2D eigenvalue weighted by atomic mass is 9.97. The predicted octanol–water partition coefficient (Wildman–Crippen LogP) is 7.67. The quantitative estimate of drug-likeness (QED) is 0.179. The molecule has 43 heavy (non-hydrogen) atoms. The zero-order valence-electron chi connectivity index (χ0n) is 23.6. The van der Waals surface area contributed by atoms with Crippen molar-refractivity contribution in [3.8, 4) is 44.5 Å². The summed E-state index contributed by atoms with van der Waals surface area (Å²) in [5.74, 6) is 0.593. The van der Waals surface area contributed by atoms with Crippen LogP contribution in [0.4, 0.5) is 11.5 Å². The first kappa shape index (κ1) is 28.1. The van der Waals surface area contributed by atoms with Gasteiger partial charge in [-0.2, -0.15) is 5.10 Å². The van der Waals surface area contributed by atoms with Crippen LogP contribution in [0.1, 0.15) is 12.6 Å². The molecular weight excluding hydrogens is 582 g/mol. The number of anilines is 2. The summed E-state index contributed by atoms with van der Waals surface area (Å²) in [7, 11) is 1.87. The molecule has 0 bridgehead atoms. The van der Waals surface area contributed by atoms with Crippen LogP contribution >= 0.6 is 22.9 Å². The van der Waals surface area contributed by atoms with E-state index in [1.807, 2.05) is 56.6 Å². The fourth-order valence-corrected chi connectivity index (χ4v) is 6.21. The van der Waals surface area contributed by atoms with E-state index in [0.717, 1.165) is 48.5 Å². The molecule has 214 valence electrons. The second-order valence-corrected chi connectivity index (χ2v) is 11.4. The van der Waals surface area contributed by atoms with Crippen LogP contribution in [-0.4, -0.2) is 30.6 Å². The number of nitrogen functional groups attached to an aromatic ring is 1. The summed E-state index contributed by atoms with van der Waals surface area (Å²) in [6, 6.07) is 15.2. The Morgan fingerprint density at radius 2 is 1.84 bits per heavy atom. The molecule has 0 aliphatic heterocycles. The monoisotopic (exact) mass is 607 g/mol. The van der Waals surface area contributed by atoms with Gasteiger partial charge in [-0.15, -0.1) is 11.3 Å². The first-order valence-electron chi connectivity index (χ1n) is 13.2. The van der Waals surface area contributed by atoms with Crippen LogP contribution in [0, 0.1) is 6.92 Å². The van der Waals surface area contributed by atoms with E-state index in [0.29, 0.717) is 27.9 Å². The van der Waals surface area contributed by atoms with Gasteiger partial charge in [0.1, 0.15) is 11.6 Å². The number of thiophene rings is 1. The number of aryl methyl sites for hydroxylation is 2. The Morgan fingerprint density at radius 1 is 1.07 bits per heavy atom. The maximum Gasteiger partial charge on any atom is 0.322 e. The van der Waals surface area contributed by atoms with Crippen molar-refractivity contribution < 1.29 is 9.53 Å². The number of halogens is 1. The molecule has 11 heteroatoms. The molecule has 0 atom stereocenters. The molecule has 3 N–H and O–H groups in total. The number of nitrogens with zero attached hydrogens (tertiary/aromatic N) is 5. The molecule has 6 rings (SSSR count). The fraction of sp³-hybridized carbons (Fsp3) is 0.0938. The lowest BCUT2D eigenvalue weighted by Crippen LogP contribution is -2.11. The molecule has 0 radical (unpaired) electrons. The molecule has 0 spiro atoms. The summed E-state index contributed by atoms with van der Waals surface area (Å²) in [5.41, 5.74) is 13.0. The molecule has 4 aromatic heterocycles. The third-order valence-corrected chi connectivity index (χ3v) is 8.31. The van der Waals surface area contributed by atoms with Crippen molar-refractivity contribution in [2.75, 3.05) is 11.1 Å². The molecule has 0 fully saturated rings. The molecule has 2 aromatic carbocycles. The van der Waals surface area contributed by atoms with Crippen LogP contribution in [0.5, 0.6) is 11.8 Å². The molecule has 0 unspecified atom stereocenters. The summed E-state index contributed by atoms with van der Waals surface area (Å²) in [6.07, 6.45) is 7.16. The lowest BCUT2D eigenvalue weighted by molar-refractivity contribution is -0.112. The molecule has 0 aliphatic carbocycles. The number of pyridine rings is 1. The number of carbonyl (C=O) groups is 1. The zero-order valence-corrected chi connectivity index (χ0v) is 25.1. The van der Waals surface area contributed by atoms with Gasteiger partial charge in [0.05, 0.1) is 11.2 Å². The van der Waals surface area contributed by atoms with Crippen molar-refractivity contribution in [2.45, 2.75) is 13.8 Å². The van der Waals surface area contributed by atoms with E-state index in [1.54, 1.807) is 53.7 Å². The standard InChI is InChI=1S/C32H26ClN7O2S/c1-17(2)31(41)39-22-8-5-19(6-9-22)28-26(20-7-10-25(24(33)13-20)42-32-35-12-11-18(3)38-32)27-29(43-28)23(15-36-30(27)34)21-14-37-40(4)16-21/h5-16H,1H2,2-4H3,(H2,34,36)(H,39,41). The number of amides is 1. The third-order valence-electron chi connectivity index (χ3n) is 6.74. The topological polar surface area (TPSA) is 121 Å². The number of nitrogens with two attached hydrogens (primary N) is 1. The Bertz CT molecular complexity index is 2030. The minimum atomic E-state index is -0.233. The van der Waals surface area contributed by atoms with E-state index in [2.05, 4.69) is 31.9 Å². The van der Waals surface area contributed by atoms with Gasteiger partial charge in [-0.1, -0.05) is 36.4 Å². The van der Waals surface area contributed by atoms with Gasteiger partial charge in [0.15, 0.2) is 0 Å². The van der Waals surface area contributed by atoms with E-state index in [1.165, 1.54) is 0 Å². The second-order valence-electron chi connectivity index (χ2n) is 10.0. The van der Waals surface area contributed by atoms with Gasteiger partial charge in [-0.3, -0.25) is 9.48 Å². The van der Waals surface area contributed by atoms with Gasteiger partial charge in [0, 0.05) is 74.2 Å². The highest BCUT2D eigenvalue weighted by Gasteiger charge is 2.23. The first-order chi connectivity index (χ1) is 20.7. The number of hydrogen-bond acceptors (Lipinski definition) is 8. The van der Waals surface area contributed by atoms with Gasteiger partial charge >= 0.3 is 6.01 Å². The average Bonchev–Trinajstić information content (AvgIpc) is 3.59. The van der Waals surface area contributed by atoms with Crippen LogP contribution in [0.2, 0.25) is 5.02 Å². The Balaban J connectivity index is 1.51. The summed E-state index contributed by atoms with van der Waals surface area (Å²) >= 11 is 8.37. The Labute approximate surface area is 256 Å². The van der Waals surface area contributed by atoms with Gasteiger partial charge in [-0.25, -0.2) is 15.0 Å². The maximum atomic E-state index is 12.2. The van der Waals surface area contributed by atoms with E-state index in [-0.39, 0.29) is 11.9 Å². The predicted molar refractivity (Wildman–Crippen MR) is 172 cm³/mol. The van der Waals surface area contributed by atoms with Crippen molar-refractivity contribution in [1.29, 1.82) is 0 Å². The van der Waals surface area contributed by atoms with Gasteiger partial charge in [-0.05, 0) is 55.3 Å². The maximum absolute atomic E-state index is 12.2. The molecular formula is C32H26ClN7O2S. The minimum absolute atomic E-state index is 0.213. The number of hydrogen-bond donors (Lipinski definition) is 2. The third kappa shape index (κ3) is 5.57. The van der Waals surface area contributed by atoms with Crippen molar-refractivity contribution in [1.82, 2.24) is 24.7 Å². The summed E-state index contributed by atoms with van der Waals surface area (Å²) in [5, 5.41) is 8.41. The van der Waals surface area contributed by atoms with Gasteiger partial charge < -0.3 is 15.8 Å². The molecule has 4 heterocycles. The van der Waals surface area contributed by atoms with Crippen LogP contribution in [0.15, 0.2) is 85.5 Å². The highest BCUT2D eigenvalue weighted by molar-refractivity contribution is 7.23. The number of carbonyl (C=O) groups excluding carboxylic acids is 1. The van der Waals surface area contributed by atoms with Gasteiger partial charge in [0.2, 0.25) is 0 Å².